The smallest absolute Gasteiger partial charge is 0.379 e. The van der Waals surface area contributed by atoms with E-state index in [1.807, 2.05) is 0 Å². The number of hydrogen-bond acceptors (Lipinski definition) is 2. The summed E-state index contributed by atoms with van der Waals surface area (Å²) in [5, 5.41) is 15.8. The minimum absolute atomic E-state index is 0.296. The van der Waals surface area contributed by atoms with E-state index in [1.54, 1.807) is 0 Å². The molecule has 0 amide bonds. The number of hydrogen-bond donors (Lipinski definition) is 2. The molecule has 0 unspecified atom stereocenters. The monoisotopic (exact) mass is 188 g/mol. The molecule has 2 N–H and O–H groups in total. The van der Waals surface area contributed by atoms with Crippen molar-refractivity contribution in [3.05, 3.63) is 0 Å². The van der Waals surface area contributed by atoms with Crippen LogP contribution in [0, 0.1) is 0 Å². The lowest BCUT2D eigenvalue weighted by molar-refractivity contribution is -0.143. The lowest BCUT2D eigenvalue weighted by Gasteiger charge is -1.85. The summed E-state index contributed by atoms with van der Waals surface area (Å²) in [4.78, 5) is 19.3. The number of carbonyl (C=O) groups is 2. The first-order valence-corrected chi connectivity index (χ1v) is 2.72. The van der Waals surface area contributed by atoms with Gasteiger partial charge in [0.1, 0.15) is 0 Å². The van der Waals surface area contributed by atoms with Crippen LogP contribution in [0.3, 0.4) is 0 Å². The van der Waals surface area contributed by atoms with Gasteiger partial charge in [0, 0.05) is 0 Å². The van der Waals surface area contributed by atoms with Crippen LogP contribution in [0.25, 0.3) is 0 Å². The summed E-state index contributed by atoms with van der Waals surface area (Å²) in [7, 11) is 0. The summed E-state index contributed by atoms with van der Waals surface area (Å²) < 4.78 is 29.0. The van der Waals surface area contributed by atoms with Crippen LogP contribution >= 0.6 is 0 Å². The molecule has 0 saturated heterocycles. The lowest BCUT2D eigenvalue weighted by atomic mass is 10.3. The molecule has 0 atom stereocenters. The summed E-state index contributed by atoms with van der Waals surface area (Å²) >= 11 is 0. The van der Waals surface area contributed by atoms with Crippen LogP contribution in [0.4, 0.5) is 13.2 Å². The van der Waals surface area contributed by atoms with Crippen molar-refractivity contribution < 1.29 is 33.0 Å². The van der Waals surface area contributed by atoms with Crippen molar-refractivity contribution in [2.45, 2.75) is 19.5 Å². The third-order valence-corrected chi connectivity index (χ3v) is 0.553. The average molecular weight is 188 g/mol. The third kappa shape index (κ3) is 37.5. The van der Waals surface area contributed by atoms with Gasteiger partial charge in [-0.05, 0) is 0 Å². The number of rotatable bonds is 3. The highest BCUT2D eigenvalue weighted by Gasteiger charge is 2.00. The molecule has 0 bridgehead atoms. The predicted octanol–water partition coefficient (Wildman–Crippen LogP) is 1.11. The van der Waals surface area contributed by atoms with Crippen LogP contribution in [-0.4, -0.2) is 28.8 Å². The second kappa shape index (κ2) is 7.83. The number of carboxylic acids is 2. The summed E-state index contributed by atoms with van der Waals surface area (Å²) in [6.45, 7) is -3.67. The minimum Gasteiger partial charge on any atom is -0.481 e. The van der Waals surface area contributed by atoms with E-state index in [2.05, 4.69) is 0 Å². The highest BCUT2D eigenvalue weighted by atomic mass is 19.4. The number of aliphatic carboxylic acids is 2. The van der Waals surface area contributed by atoms with Gasteiger partial charge in [-0.1, -0.05) is 0 Å². The maximum Gasteiger partial charge on any atom is 0.379 e. The Balaban J connectivity index is 0. The standard InChI is InChI=1S/C4H6O4.CHF3/c5-3(6)1-2-4(7)8;2-1(3)4/h1-2H2,(H,5,6)(H,7,8);1H. The highest BCUT2D eigenvalue weighted by Crippen LogP contribution is 1.87. The Morgan fingerprint density at radius 2 is 1.17 bits per heavy atom. The molecule has 4 nitrogen and oxygen atoms in total. The van der Waals surface area contributed by atoms with Crippen molar-refractivity contribution >= 4 is 11.9 Å². The number of halogens is 3. The first-order valence-electron chi connectivity index (χ1n) is 2.72. The quantitative estimate of drug-likeness (QED) is 0.695. The number of carboxylic acid groups (broad SMARTS) is 2. The Labute approximate surface area is 65.6 Å². The summed E-state index contributed by atoms with van der Waals surface area (Å²) in [5.74, 6) is -2.15. The van der Waals surface area contributed by atoms with E-state index in [0.717, 1.165) is 0 Å². The van der Waals surface area contributed by atoms with Crippen molar-refractivity contribution in [1.29, 1.82) is 0 Å². The fraction of sp³-hybridized carbons (Fsp3) is 0.600. The second-order valence-electron chi connectivity index (χ2n) is 1.53. The van der Waals surface area contributed by atoms with Gasteiger partial charge in [0.25, 0.3) is 0 Å². The van der Waals surface area contributed by atoms with Crippen molar-refractivity contribution in [3.8, 4) is 0 Å². The zero-order valence-corrected chi connectivity index (χ0v) is 5.84. The topological polar surface area (TPSA) is 74.6 Å². The number of alkyl halides is 3. The molecule has 0 heterocycles. The average Bonchev–Trinajstić information content (AvgIpc) is 1.82. The molecule has 0 aliphatic rings. The third-order valence-electron chi connectivity index (χ3n) is 0.553. The minimum atomic E-state index is -3.67. The van der Waals surface area contributed by atoms with Crippen molar-refractivity contribution in [2.75, 3.05) is 0 Å². The lowest BCUT2D eigenvalue weighted by Crippen LogP contribution is -2.00. The van der Waals surface area contributed by atoms with Gasteiger partial charge in [0.2, 0.25) is 0 Å². The second-order valence-corrected chi connectivity index (χ2v) is 1.53. The van der Waals surface area contributed by atoms with Crippen LogP contribution in [0.15, 0.2) is 0 Å². The molecule has 0 saturated carbocycles. The van der Waals surface area contributed by atoms with Gasteiger partial charge < -0.3 is 10.2 Å². The molecular weight excluding hydrogens is 181 g/mol. The fourth-order valence-electron chi connectivity index (χ4n) is 0.214. The van der Waals surface area contributed by atoms with E-state index >= 15 is 0 Å². The molecule has 0 rings (SSSR count). The van der Waals surface area contributed by atoms with Crippen LogP contribution in [0.5, 0.6) is 0 Å². The van der Waals surface area contributed by atoms with E-state index in [1.165, 1.54) is 0 Å². The molecule has 0 aliphatic heterocycles. The molecule has 7 heteroatoms. The molecule has 0 aromatic rings. The highest BCUT2D eigenvalue weighted by molar-refractivity contribution is 5.75. The van der Waals surface area contributed by atoms with E-state index in [-0.39, 0.29) is 12.8 Å². The molecule has 0 fully saturated rings. The fourth-order valence-corrected chi connectivity index (χ4v) is 0.214. The van der Waals surface area contributed by atoms with Gasteiger partial charge >= 0.3 is 18.6 Å². The largest absolute Gasteiger partial charge is 0.481 e. The Kier molecular flexibility index (Phi) is 8.70. The van der Waals surface area contributed by atoms with Crippen molar-refractivity contribution in [2.24, 2.45) is 0 Å². The molecule has 0 spiro atoms. The zero-order valence-electron chi connectivity index (χ0n) is 5.84. The van der Waals surface area contributed by atoms with Gasteiger partial charge in [-0.15, -0.1) is 0 Å². The Bertz CT molecular complexity index is 131. The van der Waals surface area contributed by atoms with Gasteiger partial charge in [0.05, 0.1) is 12.8 Å². The molecular formula is C5H7F3O4. The summed E-state index contributed by atoms with van der Waals surface area (Å²) in [6.07, 6.45) is -0.593. The molecule has 12 heavy (non-hydrogen) atoms. The Morgan fingerprint density at radius 1 is 1.00 bits per heavy atom. The SMILES string of the molecule is FC(F)F.O=C(O)CCC(=O)O. The van der Waals surface area contributed by atoms with E-state index in [4.69, 9.17) is 10.2 Å². The molecule has 72 valence electrons. The van der Waals surface area contributed by atoms with E-state index in [9.17, 15) is 22.8 Å². The molecule has 0 aromatic carbocycles. The molecule has 0 radical (unpaired) electrons. The molecule has 0 aliphatic carbocycles. The van der Waals surface area contributed by atoms with Crippen molar-refractivity contribution in [1.82, 2.24) is 0 Å². The van der Waals surface area contributed by atoms with Crippen LogP contribution in [-0.2, 0) is 9.59 Å². The van der Waals surface area contributed by atoms with Crippen LogP contribution in [0.2, 0.25) is 0 Å². The van der Waals surface area contributed by atoms with Gasteiger partial charge in [-0.2, -0.15) is 13.2 Å². The normalized spacial score (nSPS) is 8.67. The Hall–Kier alpha value is -1.27. The molecule has 0 aromatic heterocycles. The van der Waals surface area contributed by atoms with E-state index in [0.29, 0.717) is 0 Å². The Morgan fingerprint density at radius 3 is 1.25 bits per heavy atom. The van der Waals surface area contributed by atoms with Crippen LogP contribution in [0.1, 0.15) is 12.8 Å². The first-order chi connectivity index (χ1) is 5.36. The van der Waals surface area contributed by atoms with E-state index < -0.39 is 18.6 Å². The van der Waals surface area contributed by atoms with Crippen molar-refractivity contribution in [3.63, 3.8) is 0 Å². The summed E-state index contributed by atoms with van der Waals surface area (Å²) in [5.41, 5.74) is 0. The van der Waals surface area contributed by atoms with Gasteiger partial charge in [-0.25, -0.2) is 0 Å². The van der Waals surface area contributed by atoms with Gasteiger partial charge in [-0.3, -0.25) is 9.59 Å². The first kappa shape index (κ1) is 13.3. The maximum absolute atomic E-state index is 9.67. The zero-order chi connectivity index (χ0) is 10.1. The van der Waals surface area contributed by atoms with Crippen LogP contribution < -0.4 is 0 Å². The predicted molar refractivity (Wildman–Crippen MR) is 31.6 cm³/mol. The van der Waals surface area contributed by atoms with Gasteiger partial charge in [0.15, 0.2) is 0 Å². The summed E-state index contributed by atoms with van der Waals surface area (Å²) in [6, 6.07) is 0. The maximum atomic E-state index is 9.67.